The largest absolute Gasteiger partial charge is 0.488 e. The molecule has 0 atom stereocenters. The highest BCUT2D eigenvalue weighted by Crippen LogP contribution is 2.34. The number of unbranched alkanes of at least 4 members (excludes halogenated alkanes) is 2. The van der Waals surface area contributed by atoms with Gasteiger partial charge in [0, 0.05) is 11.3 Å². The van der Waals surface area contributed by atoms with Gasteiger partial charge in [0.15, 0.2) is 17.4 Å². The number of carboxylic acid groups (broad SMARTS) is 1. The molecule has 1 aromatic heterocycles. The average molecular weight is 356 g/mol. The quantitative estimate of drug-likeness (QED) is 0.661. The minimum Gasteiger partial charge on any atom is -0.488 e. The fraction of sp³-hybridized carbons (Fsp3) is 0.353. The molecule has 0 fully saturated rings. The second-order valence-corrected chi connectivity index (χ2v) is 6.17. The Morgan fingerprint density at radius 2 is 1.88 bits per heavy atom. The Morgan fingerprint density at radius 1 is 1.17 bits per heavy atom. The van der Waals surface area contributed by atoms with Crippen LogP contribution in [0.4, 0.5) is 8.78 Å². The Hall–Kier alpha value is -1.99. The van der Waals surface area contributed by atoms with Gasteiger partial charge in [-0.05, 0) is 54.0 Å². The molecule has 0 unspecified atom stereocenters. The van der Waals surface area contributed by atoms with Crippen LogP contribution in [0.15, 0.2) is 23.6 Å². The minimum atomic E-state index is -0.862. The highest BCUT2D eigenvalue weighted by molar-refractivity contribution is 7.13. The molecule has 0 aliphatic rings. The van der Waals surface area contributed by atoms with E-state index >= 15 is 0 Å². The van der Waals surface area contributed by atoms with Crippen molar-refractivity contribution >= 4 is 17.3 Å². The molecule has 24 heavy (non-hydrogen) atoms. The third-order valence-corrected chi connectivity index (χ3v) is 4.46. The van der Waals surface area contributed by atoms with Crippen LogP contribution in [-0.2, 0) is 11.4 Å². The van der Waals surface area contributed by atoms with Gasteiger partial charge in [-0.15, -0.1) is 11.3 Å². The maximum Gasteiger partial charge on any atom is 0.303 e. The number of aliphatic hydroxyl groups excluding tert-OH is 1. The SMILES string of the molecule is O=C(O)CCCCCOc1c(F)cc(-c2sccc2CO)cc1F. The van der Waals surface area contributed by atoms with Gasteiger partial charge in [0.25, 0.3) is 0 Å². The predicted molar refractivity (Wildman–Crippen MR) is 87.2 cm³/mol. The van der Waals surface area contributed by atoms with Crippen LogP contribution in [0.1, 0.15) is 31.2 Å². The number of carboxylic acids is 1. The van der Waals surface area contributed by atoms with E-state index in [9.17, 15) is 18.7 Å². The number of thiophene rings is 1. The average Bonchev–Trinajstić information content (AvgIpc) is 3.00. The van der Waals surface area contributed by atoms with Crippen molar-refractivity contribution in [3.8, 4) is 16.2 Å². The number of hydrogen-bond acceptors (Lipinski definition) is 4. The molecule has 0 saturated heterocycles. The lowest BCUT2D eigenvalue weighted by molar-refractivity contribution is -0.137. The van der Waals surface area contributed by atoms with E-state index in [1.807, 2.05) is 0 Å². The number of benzene rings is 1. The Kier molecular flexibility index (Phi) is 6.69. The van der Waals surface area contributed by atoms with E-state index < -0.39 is 23.4 Å². The number of aliphatic carboxylic acids is 1. The molecule has 0 aliphatic carbocycles. The summed E-state index contributed by atoms with van der Waals surface area (Å²) in [6.07, 6.45) is 1.71. The minimum absolute atomic E-state index is 0.0748. The van der Waals surface area contributed by atoms with Gasteiger partial charge in [0.1, 0.15) is 0 Å². The van der Waals surface area contributed by atoms with Crippen molar-refractivity contribution in [2.24, 2.45) is 0 Å². The summed E-state index contributed by atoms with van der Waals surface area (Å²) in [5.74, 6) is -2.89. The lowest BCUT2D eigenvalue weighted by atomic mass is 10.1. The molecular weight excluding hydrogens is 338 g/mol. The van der Waals surface area contributed by atoms with E-state index in [2.05, 4.69) is 0 Å². The van der Waals surface area contributed by atoms with Gasteiger partial charge in [0.05, 0.1) is 13.2 Å². The highest BCUT2D eigenvalue weighted by atomic mass is 32.1. The first-order chi connectivity index (χ1) is 11.5. The third-order valence-electron chi connectivity index (χ3n) is 3.46. The number of hydrogen-bond donors (Lipinski definition) is 2. The summed E-state index contributed by atoms with van der Waals surface area (Å²) < 4.78 is 33.4. The van der Waals surface area contributed by atoms with Crippen LogP contribution >= 0.6 is 11.3 Å². The molecule has 7 heteroatoms. The molecule has 2 aromatic rings. The van der Waals surface area contributed by atoms with Gasteiger partial charge >= 0.3 is 5.97 Å². The zero-order valence-corrected chi connectivity index (χ0v) is 13.7. The summed E-state index contributed by atoms with van der Waals surface area (Å²) >= 11 is 1.30. The fourth-order valence-electron chi connectivity index (χ4n) is 2.27. The smallest absolute Gasteiger partial charge is 0.303 e. The van der Waals surface area contributed by atoms with Crippen molar-refractivity contribution in [2.45, 2.75) is 32.3 Å². The number of carbonyl (C=O) groups is 1. The van der Waals surface area contributed by atoms with Gasteiger partial charge in [-0.3, -0.25) is 4.79 Å². The van der Waals surface area contributed by atoms with E-state index in [0.717, 1.165) is 0 Å². The van der Waals surface area contributed by atoms with E-state index in [1.165, 1.54) is 23.5 Å². The molecule has 2 N–H and O–H groups in total. The maximum atomic E-state index is 14.1. The Bertz CT molecular complexity index is 677. The van der Waals surface area contributed by atoms with E-state index in [4.69, 9.17) is 9.84 Å². The van der Waals surface area contributed by atoms with Crippen LogP contribution in [0.3, 0.4) is 0 Å². The van der Waals surface area contributed by atoms with Gasteiger partial charge in [0.2, 0.25) is 0 Å². The van der Waals surface area contributed by atoms with Crippen LogP contribution in [0, 0.1) is 11.6 Å². The standard InChI is InChI=1S/C17H18F2O4S/c18-13-8-12(17-11(10-20)5-7-24-17)9-14(19)16(13)23-6-3-1-2-4-15(21)22/h5,7-9,20H,1-4,6,10H2,(H,21,22). The first kappa shape index (κ1) is 18.4. The van der Waals surface area contributed by atoms with Crippen molar-refractivity contribution in [1.82, 2.24) is 0 Å². The Balaban J connectivity index is 1.99. The lowest BCUT2D eigenvalue weighted by Gasteiger charge is -2.10. The molecule has 0 saturated carbocycles. The van der Waals surface area contributed by atoms with Crippen molar-refractivity contribution in [3.05, 3.63) is 40.8 Å². The lowest BCUT2D eigenvalue weighted by Crippen LogP contribution is -2.03. The van der Waals surface area contributed by atoms with Crippen molar-refractivity contribution in [2.75, 3.05) is 6.61 Å². The molecule has 4 nitrogen and oxygen atoms in total. The Labute approximate surface area is 142 Å². The third kappa shape index (κ3) is 4.75. The molecule has 0 aliphatic heterocycles. The molecular formula is C17H18F2O4S. The maximum absolute atomic E-state index is 14.1. The normalized spacial score (nSPS) is 10.8. The van der Waals surface area contributed by atoms with E-state index in [-0.39, 0.29) is 19.6 Å². The van der Waals surface area contributed by atoms with Gasteiger partial charge in [-0.25, -0.2) is 8.78 Å². The Morgan fingerprint density at radius 3 is 2.50 bits per heavy atom. The van der Waals surface area contributed by atoms with Gasteiger partial charge in [-0.2, -0.15) is 0 Å². The molecule has 0 spiro atoms. The van der Waals surface area contributed by atoms with Crippen LogP contribution in [0.25, 0.3) is 10.4 Å². The van der Waals surface area contributed by atoms with Crippen LogP contribution in [-0.4, -0.2) is 22.8 Å². The molecule has 1 aromatic carbocycles. The first-order valence-electron chi connectivity index (χ1n) is 7.54. The zero-order chi connectivity index (χ0) is 17.5. The fourth-order valence-corrected chi connectivity index (χ4v) is 3.18. The summed E-state index contributed by atoms with van der Waals surface area (Å²) in [6.45, 7) is -0.0790. The molecule has 0 radical (unpaired) electrons. The van der Waals surface area contributed by atoms with Crippen LogP contribution < -0.4 is 4.74 Å². The van der Waals surface area contributed by atoms with Crippen molar-refractivity contribution in [1.29, 1.82) is 0 Å². The summed E-state index contributed by atoms with van der Waals surface area (Å²) in [4.78, 5) is 11.0. The molecule has 130 valence electrons. The predicted octanol–water partition coefficient (Wildman–Crippen LogP) is 4.21. The molecule has 0 amide bonds. The summed E-state index contributed by atoms with van der Waals surface area (Å²) in [7, 11) is 0. The molecule has 2 rings (SSSR count). The van der Waals surface area contributed by atoms with E-state index in [1.54, 1.807) is 11.4 Å². The second-order valence-electron chi connectivity index (χ2n) is 5.25. The number of halogens is 2. The monoisotopic (exact) mass is 356 g/mol. The van der Waals surface area contributed by atoms with Gasteiger partial charge in [-0.1, -0.05) is 0 Å². The summed E-state index contributed by atoms with van der Waals surface area (Å²) in [5.41, 5.74) is 0.976. The highest BCUT2D eigenvalue weighted by Gasteiger charge is 2.16. The van der Waals surface area contributed by atoms with Crippen LogP contribution in [0.5, 0.6) is 5.75 Å². The number of aliphatic hydroxyl groups is 1. The van der Waals surface area contributed by atoms with Crippen LogP contribution in [0.2, 0.25) is 0 Å². The van der Waals surface area contributed by atoms with Crippen molar-refractivity contribution < 1.29 is 28.5 Å². The topological polar surface area (TPSA) is 66.8 Å². The van der Waals surface area contributed by atoms with Gasteiger partial charge < -0.3 is 14.9 Å². The first-order valence-corrected chi connectivity index (χ1v) is 8.42. The number of rotatable bonds is 9. The van der Waals surface area contributed by atoms with E-state index in [0.29, 0.717) is 35.3 Å². The summed E-state index contributed by atoms with van der Waals surface area (Å²) in [6, 6.07) is 4.08. The summed E-state index contributed by atoms with van der Waals surface area (Å²) in [5, 5.41) is 19.5. The molecule has 0 bridgehead atoms. The van der Waals surface area contributed by atoms with Crippen molar-refractivity contribution in [3.63, 3.8) is 0 Å². The number of ether oxygens (including phenoxy) is 1. The molecule has 1 heterocycles. The zero-order valence-electron chi connectivity index (χ0n) is 12.9. The second kappa shape index (κ2) is 8.75.